The van der Waals surface area contributed by atoms with E-state index >= 15 is 0 Å². The van der Waals surface area contributed by atoms with Crippen LogP contribution in [-0.2, 0) is 11.8 Å². The van der Waals surface area contributed by atoms with E-state index in [-0.39, 0.29) is 5.91 Å². The van der Waals surface area contributed by atoms with Crippen LogP contribution in [-0.4, -0.2) is 33.1 Å². The zero-order valence-corrected chi connectivity index (χ0v) is 15.4. The van der Waals surface area contributed by atoms with Crippen molar-refractivity contribution in [2.45, 2.75) is 0 Å². The largest absolute Gasteiger partial charge is 0.464 e. The molecular formula is C21H18N4O3. The molecule has 4 rings (SSSR count). The van der Waals surface area contributed by atoms with E-state index in [4.69, 9.17) is 4.74 Å². The van der Waals surface area contributed by atoms with Crippen LogP contribution in [0.3, 0.4) is 0 Å². The summed E-state index contributed by atoms with van der Waals surface area (Å²) in [7, 11) is 3.03. The number of aryl methyl sites for hydroxylation is 1. The van der Waals surface area contributed by atoms with Crippen molar-refractivity contribution < 1.29 is 14.3 Å². The van der Waals surface area contributed by atoms with Crippen LogP contribution in [0.4, 0.5) is 5.69 Å². The third-order valence-electron chi connectivity index (χ3n) is 4.52. The number of rotatable bonds is 4. The first kappa shape index (κ1) is 17.5. The van der Waals surface area contributed by atoms with Gasteiger partial charge in [-0.1, -0.05) is 12.1 Å². The Bertz CT molecular complexity index is 1170. The molecule has 0 bridgehead atoms. The van der Waals surface area contributed by atoms with Gasteiger partial charge < -0.3 is 14.6 Å². The van der Waals surface area contributed by atoms with Crippen molar-refractivity contribution in [3.63, 3.8) is 0 Å². The number of amides is 1. The summed E-state index contributed by atoms with van der Waals surface area (Å²) in [6, 6.07) is 16.7. The van der Waals surface area contributed by atoms with Crippen molar-refractivity contribution in [2.24, 2.45) is 7.05 Å². The Morgan fingerprint density at radius 2 is 1.82 bits per heavy atom. The molecule has 4 aromatic rings. The second-order valence-corrected chi connectivity index (χ2v) is 6.32. The zero-order chi connectivity index (χ0) is 19.7. The van der Waals surface area contributed by atoms with Gasteiger partial charge in [0.05, 0.1) is 23.8 Å². The summed E-state index contributed by atoms with van der Waals surface area (Å²) in [4.78, 5) is 28.6. The highest BCUT2D eigenvalue weighted by Crippen LogP contribution is 2.19. The monoisotopic (exact) mass is 374 g/mol. The van der Waals surface area contributed by atoms with Gasteiger partial charge in [0.15, 0.2) is 0 Å². The first-order valence-electron chi connectivity index (χ1n) is 8.65. The average molecular weight is 374 g/mol. The predicted octanol–water partition coefficient (Wildman–Crippen LogP) is 3.40. The molecule has 0 radical (unpaired) electrons. The highest BCUT2D eigenvalue weighted by molar-refractivity contribution is 6.05. The van der Waals surface area contributed by atoms with Crippen molar-refractivity contribution in [3.8, 4) is 5.69 Å². The van der Waals surface area contributed by atoms with Crippen LogP contribution < -0.4 is 5.32 Å². The molecule has 0 aliphatic carbocycles. The molecule has 140 valence electrons. The van der Waals surface area contributed by atoms with Crippen molar-refractivity contribution >= 4 is 28.6 Å². The highest BCUT2D eigenvalue weighted by Gasteiger charge is 2.14. The van der Waals surface area contributed by atoms with E-state index in [0.29, 0.717) is 16.9 Å². The number of esters is 1. The van der Waals surface area contributed by atoms with Crippen molar-refractivity contribution in [3.05, 3.63) is 78.4 Å². The molecule has 0 aliphatic rings. The molecule has 0 aliphatic heterocycles. The van der Waals surface area contributed by atoms with E-state index in [9.17, 15) is 9.59 Å². The first-order chi connectivity index (χ1) is 13.6. The summed E-state index contributed by atoms with van der Waals surface area (Å²) in [5.74, 6) is -0.719. The summed E-state index contributed by atoms with van der Waals surface area (Å²) in [5, 5.41) is 2.80. The Kier molecular flexibility index (Phi) is 4.41. The number of aromatic nitrogens is 3. The number of nitrogens with zero attached hydrogens (tertiary/aromatic N) is 3. The number of hydrogen-bond donors (Lipinski definition) is 1. The molecule has 0 saturated carbocycles. The predicted molar refractivity (Wildman–Crippen MR) is 106 cm³/mol. The average Bonchev–Trinajstić information content (AvgIpc) is 3.31. The summed E-state index contributed by atoms with van der Waals surface area (Å²) >= 11 is 0. The Balaban J connectivity index is 1.54. The maximum absolute atomic E-state index is 12.5. The fraction of sp³-hybridized carbons (Fsp3) is 0.0952. The van der Waals surface area contributed by atoms with Crippen LogP contribution in [0, 0.1) is 0 Å². The van der Waals surface area contributed by atoms with Gasteiger partial charge in [-0.05, 0) is 42.5 Å². The van der Waals surface area contributed by atoms with Crippen molar-refractivity contribution in [1.82, 2.24) is 14.1 Å². The molecule has 0 atom stereocenters. The second-order valence-electron chi connectivity index (χ2n) is 6.32. The number of benzene rings is 2. The van der Waals surface area contributed by atoms with Gasteiger partial charge in [-0.25, -0.2) is 9.78 Å². The van der Waals surface area contributed by atoms with Crippen LogP contribution in [0.15, 0.2) is 67.1 Å². The minimum atomic E-state index is -0.458. The summed E-state index contributed by atoms with van der Waals surface area (Å²) in [6.07, 6.45) is 3.42. The summed E-state index contributed by atoms with van der Waals surface area (Å²) in [6.45, 7) is 0. The van der Waals surface area contributed by atoms with E-state index in [1.807, 2.05) is 41.0 Å². The lowest BCUT2D eigenvalue weighted by molar-refractivity contribution is 0.0589. The first-order valence-corrected chi connectivity index (χ1v) is 8.65. The van der Waals surface area contributed by atoms with E-state index in [0.717, 1.165) is 16.7 Å². The molecule has 0 unspecified atom stereocenters. The molecule has 2 aromatic heterocycles. The number of carbonyl (C=O) groups is 2. The molecule has 2 aromatic carbocycles. The number of imidazole rings is 1. The Hall–Kier alpha value is -3.87. The van der Waals surface area contributed by atoms with Gasteiger partial charge in [0.1, 0.15) is 12.0 Å². The summed E-state index contributed by atoms with van der Waals surface area (Å²) in [5.41, 5.74) is 4.22. The molecular weight excluding hydrogens is 356 g/mol. The number of hydrogen-bond acceptors (Lipinski definition) is 4. The van der Waals surface area contributed by atoms with E-state index in [1.54, 1.807) is 42.3 Å². The minimum absolute atomic E-state index is 0.260. The van der Waals surface area contributed by atoms with E-state index in [1.165, 1.54) is 7.11 Å². The number of ether oxygens (including phenoxy) is 1. The molecule has 7 heteroatoms. The van der Waals surface area contributed by atoms with Gasteiger partial charge in [-0.15, -0.1) is 0 Å². The van der Waals surface area contributed by atoms with Crippen LogP contribution in [0.25, 0.3) is 16.7 Å². The van der Waals surface area contributed by atoms with Crippen LogP contribution >= 0.6 is 0 Å². The van der Waals surface area contributed by atoms with Gasteiger partial charge >= 0.3 is 5.97 Å². The van der Waals surface area contributed by atoms with Gasteiger partial charge in [-0.2, -0.15) is 0 Å². The van der Waals surface area contributed by atoms with Gasteiger partial charge in [0, 0.05) is 24.5 Å². The summed E-state index contributed by atoms with van der Waals surface area (Å²) < 4.78 is 8.29. The van der Waals surface area contributed by atoms with E-state index < -0.39 is 5.97 Å². The topological polar surface area (TPSA) is 78.2 Å². The maximum atomic E-state index is 12.5. The number of para-hydroxylation sites is 2. The fourth-order valence-electron chi connectivity index (χ4n) is 3.08. The third kappa shape index (κ3) is 3.14. The lowest BCUT2D eigenvalue weighted by atomic mass is 10.2. The van der Waals surface area contributed by atoms with Crippen LogP contribution in [0.1, 0.15) is 20.8 Å². The Morgan fingerprint density at radius 1 is 1.07 bits per heavy atom. The number of anilines is 1. The lowest BCUT2D eigenvalue weighted by Crippen LogP contribution is -2.11. The van der Waals surface area contributed by atoms with E-state index in [2.05, 4.69) is 10.3 Å². The zero-order valence-electron chi connectivity index (χ0n) is 15.4. The Labute approximate surface area is 161 Å². The molecule has 1 amide bonds. The number of fused-ring (bicyclic) bond motifs is 1. The van der Waals surface area contributed by atoms with Gasteiger partial charge in [-0.3, -0.25) is 9.36 Å². The molecule has 0 fully saturated rings. The van der Waals surface area contributed by atoms with Gasteiger partial charge in [0.25, 0.3) is 5.91 Å². The Morgan fingerprint density at radius 3 is 2.57 bits per heavy atom. The number of carbonyl (C=O) groups excluding carboxylic acids is 2. The quantitative estimate of drug-likeness (QED) is 0.555. The maximum Gasteiger partial charge on any atom is 0.354 e. The molecule has 28 heavy (non-hydrogen) atoms. The van der Waals surface area contributed by atoms with Crippen LogP contribution in [0.5, 0.6) is 0 Å². The molecule has 0 saturated heterocycles. The third-order valence-corrected chi connectivity index (χ3v) is 4.52. The van der Waals surface area contributed by atoms with Crippen molar-refractivity contribution in [2.75, 3.05) is 12.4 Å². The van der Waals surface area contributed by atoms with Crippen LogP contribution in [0.2, 0.25) is 0 Å². The standard InChI is InChI=1S/C21H18N4O3/c1-24-12-15(11-19(24)21(27)28-2)23-20(26)14-7-9-16(10-8-14)25-13-22-17-5-3-4-6-18(17)25/h3-13H,1-2H3,(H,23,26). The second kappa shape index (κ2) is 7.03. The SMILES string of the molecule is COC(=O)c1cc(NC(=O)c2ccc(-n3cnc4ccccc43)cc2)cn1C. The molecule has 0 spiro atoms. The van der Waals surface area contributed by atoms with Gasteiger partial charge in [0.2, 0.25) is 0 Å². The van der Waals surface area contributed by atoms with Crippen molar-refractivity contribution in [1.29, 1.82) is 0 Å². The lowest BCUT2D eigenvalue weighted by Gasteiger charge is -2.06. The number of nitrogens with one attached hydrogen (secondary N) is 1. The molecule has 2 heterocycles. The highest BCUT2D eigenvalue weighted by atomic mass is 16.5. The number of methoxy groups -OCH3 is 1. The minimum Gasteiger partial charge on any atom is -0.464 e. The molecule has 7 nitrogen and oxygen atoms in total. The smallest absolute Gasteiger partial charge is 0.354 e. The normalized spacial score (nSPS) is 10.8. The molecule has 1 N–H and O–H groups in total. The fourth-order valence-corrected chi connectivity index (χ4v) is 3.08.